The van der Waals surface area contributed by atoms with Crippen molar-refractivity contribution in [1.29, 1.82) is 0 Å². The summed E-state index contributed by atoms with van der Waals surface area (Å²) in [5.41, 5.74) is 4.04. The molecule has 0 bridgehead atoms. The van der Waals surface area contributed by atoms with Crippen LogP contribution in [0.15, 0.2) is 41.2 Å². The van der Waals surface area contributed by atoms with Gasteiger partial charge in [0, 0.05) is 18.3 Å². The molecule has 0 saturated carbocycles. The summed E-state index contributed by atoms with van der Waals surface area (Å²) in [6.07, 6.45) is 2.11. The average molecular weight is 260 g/mol. The number of aryl methyl sites for hydroxylation is 1. The van der Waals surface area contributed by atoms with Crippen molar-refractivity contribution in [2.75, 3.05) is 6.54 Å². The Kier molecular flexibility index (Phi) is 4.90. The number of benzene rings is 1. The molecule has 0 spiro atoms. The number of aromatic nitrogens is 1. The Hall–Kier alpha value is -1.68. The highest BCUT2D eigenvalue weighted by Crippen LogP contribution is 2.03. The van der Waals surface area contributed by atoms with Gasteiger partial charge in [-0.1, -0.05) is 30.3 Å². The largest absolute Gasteiger partial charge is 0.356 e. The predicted octanol–water partition coefficient (Wildman–Crippen LogP) is 2.43. The summed E-state index contributed by atoms with van der Waals surface area (Å²) < 4.78 is 0. The van der Waals surface area contributed by atoms with E-state index in [1.54, 1.807) is 16.8 Å². The smallest absolute Gasteiger partial charge is 0.220 e. The van der Waals surface area contributed by atoms with E-state index >= 15 is 0 Å². The normalized spacial score (nSPS) is 10.2. The van der Waals surface area contributed by atoms with Crippen molar-refractivity contribution >= 4 is 17.2 Å². The third-order valence-electron chi connectivity index (χ3n) is 2.67. The van der Waals surface area contributed by atoms with Crippen LogP contribution < -0.4 is 5.32 Å². The van der Waals surface area contributed by atoms with Crippen LogP contribution in [0.1, 0.15) is 17.7 Å². The molecule has 2 aromatic rings. The van der Waals surface area contributed by atoms with Crippen molar-refractivity contribution in [1.82, 2.24) is 10.3 Å². The van der Waals surface area contributed by atoms with Gasteiger partial charge < -0.3 is 5.32 Å². The topological polar surface area (TPSA) is 42.0 Å². The standard InChI is InChI=1S/C14H16N2OS/c17-14(7-6-13-10-18-11-16-13)15-9-8-12-4-2-1-3-5-12/h1-5,10-11H,6-9H2,(H,15,17). The molecule has 0 atom stereocenters. The molecule has 4 heteroatoms. The van der Waals surface area contributed by atoms with Crippen LogP contribution in [-0.4, -0.2) is 17.4 Å². The fourth-order valence-electron chi connectivity index (χ4n) is 1.68. The molecule has 1 heterocycles. The Morgan fingerprint density at radius 2 is 2.06 bits per heavy atom. The lowest BCUT2D eigenvalue weighted by molar-refractivity contribution is -0.121. The number of nitrogens with zero attached hydrogens (tertiary/aromatic N) is 1. The number of nitrogens with one attached hydrogen (secondary N) is 1. The van der Waals surface area contributed by atoms with Gasteiger partial charge in [0.25, 0.3) is 0 Å². The Bertz CT molecular complexity index is 468. The van der Waals surface area contributed by atoms with Gasteiger partial charge in [-0.25, -0.2) is 4.98 Å². The molecule has 0 aliphatic rings. The van der Waals surface area contributed by atoms with E-state index in [1.165, 1.54) is 5.56 Å². The molecule has 1 aromatic heterocycles. The molecular weight excluding hydrogens is 244 g/mol. The lowest BCUT2D eigenvalue weighted by Gasteiger charge is -2.04. The Balaban J connectivity index is 1.63. The van der Waals surface area contributed by atoms with E-state index in [0.29, 0.717) is 13.0 Å². The summed E-state index contributed by atoms with van der Waals surface area (Å²) in [4.78, 5) is 15.7. The molecule has 0 radical (unpaired) electrons. The number of carbonyl (C=O) groups is 1. The van der Waals surface area contributed by atoms with Crippen LogP contribution >= 0.6 is 11.3 Å². The number of hydrogen-bond donors (Lipinski definition) is 1. The van der Waals surface area contributed by atoms with Gasteiger partial charge >= 0.3 is 0 Å². The Morgan fingerprint density at radius 1 is 1.22 bits per heavy atom. The Morgan fingerprint density at radius 3 is 2.78 bits per heavy atom. The first-order valence-corrected chi connectivity index (χ1v) is 6.96. The van der Waals surface area contributed by atoms with Crippen molar-refractivity contribution in [3.8, 4) is 0 Å². The molecule has 1 N–H and O–H groups in total. The Labute approximate surface area is 111 Å². The molecular formula is C14H16N2OS. The molecule has 0 saturated heterocycles. The van der Waals surface area contributed by atoms with Crippen LogP contribution in [0.5, 0.6) is 0 Å². The van der Waals surface area contributed by atoms with E-state index in [-0.39, 0.29) is 5.91 Å². The van der Waals surface area contributed by atoms with Crippen molar-refractivity contribution < 1.29 is 4.79 Å². The van der Waals surface area contributed by atoms with E-state index in [4.69, 9.17) is 0 Å². The molecule has 94 valence electrons. The van der Waals surface area contributed by atoms with Crippen LogP contribution in [0, 0.1) is 0 Å². The van der Waals surface area contributed by atoms with Gasteiger partial charge in [-0.3, -0.25) is 4.79 Å². The zero-order chi connectivity index (χ0) is 12.6. The van der Waals surface area contributed by atoms with Crippen LogP contribution in [0.2, 0.25) is 0 Å². The zero-order valence-corrected chi connectivity index (χ0v) is 11.0. The van der Waals surface area contributed by atoms with Gasteiger partial charge in [0.05, 0.1) is 11.2 Å². The second kappa shape index (κ2) is 6.91. The van der Waals surface area contributed by atoms with Crippen LogP contribution in [0.3, 0.4) is 0 Å². The molecule has 0 aliphatic carbocycles. The third-order valence-corrected chi connectivity index (χ3v) is 3.31. The fourth-order valence-corrected chi connectivity index (χ4v) is 2.27. The van der Waals surface area contributed by atoms with E-state index in [0.717, 1.165) is 18.5 Å². The van der Waals surface area contributed by atoms with Crippen molar-refractivity contribution in [2.24, 2.45) is 0 Å². The van der Waals surface area contributed by atoms with Crippen molar-refractivity contribution in [3.63, 3.8) is 0 Å². The maximum atomic E-state index is 11.6. The maximum absolute atomic E-state index is 11.6. The quantitative estimate of drug-likeness (QED) is 0.866. The maximum Gasteiger partial charge on any atom is 0.220 e. The highest BCUT2D eigenvalue weighted by Gasteiger charge is 2.02. The minimum atomic E-state index is 0.0962. The predicted molar refractivity (Wildman–Crippen MR) is 73.6 cm³/mol. The van der Waals surface area contributed by atoms with E-state index in [1.807, 2.05) is 23.6 Å². The lowest BCUT2D eigenvalue weighted by Crippen LogP contribution is -2.25. The molecule has 0 aliphatic heterocycles. The minimum absolute atomic E-state index is 0.0962. The van der Waals surface area contributed by atoms with Gasteiger partial charge in [0.15, 0.2) is 0 Å². The van der Waals surface area contributed by atoms with Gasteiger partial charge in [-0.05, 0) is 18.4 Å². The van der Waals surface area contributed by atoms with E-state index in [9.17, 15) is 4.79 Å². The molecule has 1 amide bonds. The first kappa shape index (κ1) is 12.8. The first-order valence-electron chi connectivity index (χ1n) is 6.02. The van der Waals surface area contributed by atoms with Crippen LogP contribution in [0.4, 0.5) is 0 Å². The average Bonchev–Trinajstić information content (AvgIpc) is 2.91. The van der Waals surface area contributed by atoms with Crippen molar-refractivity contribution in [3.05, 3.63) is 52.5 Å². The van der Waals surface area contributed by atoms with E-state index in [2.05, 4.69) is 22.4 Å². The van der Waals surface area contributed by atoms with Crippen molar-refractivity contribution in [2.45, 2.75) is 19.3 Å². The molecule has 3 nitrogen and oxygen atoms in total. The number of amides is 1. The summed E-state index contributed by atoms with van der Waals surface area (Å²) in [5, 5.41) is 4.91. The summed E-state index contributed by atoms with van der Waals surface area (Å²) >= 11 is 1.56. The molecule has 2 rings (SSSR count). The van der Waals surface area contributed by atoms with Gasteiger partial charge in [-0.15, -0.1) is 11.3 Å². The second-order valence-electron chi connectivity index (χ2n) is 4.07. The number of thiazole rings is 1. The summed E-state index contributed by atoms with van der Waals surface area (Å²) in [6.45, 7) is 0.694. The first-order chi connectivity index (χ1) is 8.84. The summed E-state index contributed by atoms with van der Waals surface area (Å²) in [5.74, 6) is 0.0962. The summed E-state index contributed by atoms with van der Waals surface area (Å²) in [7, 11) is 0. The fraction of sp³-hybridized carbons (Fsp3) is 0.286. The highest BCUT2D eigenvalue weighted by molar-refractivity contribution is 7.07. The highest BCUT2D eigenvalue weighted by atomic mass is 32.1. The summed E-state index contributed by atoms with van der Waals surface area (Å²) in [6, 6.07) is 10.2. The van der Waals surface area contributed by atoms with Gasteiger partial charge in [0.2, 0.25) is 5.91 Å². The van der Waals surface area contributed by atoms with Crippen LogP contribution in [-0.2, 0) is 17.6 Å². The molecule has 0 unspecified atom stereocenters. The van der Waals surface area contributed by atoms with Gasteiger partial charge in [0.1, 0.15) is 0 Å². The number of rotatable bonds is 6. The molecule has 0 fully saturated rings. The van der Waals surface area contributed by atoms with Gasteiger partial charge in [-0.2, -0.15) is 0 Å². The monoisotopic (exact) mass is 260 g/mol. The van der Waals surface area contributed by atoms with Crippen LogP contribution in [0.25, 0.3) is 0 Å². The second-order valence-corrected chi connectivity index (χ2v) is 4.78. The SMILES string of the molecule is O=C(CCc1cscn1)NCCc1ccccc1. The zero-order valence-electron chi connectivity index (χ0n) is 10.1. The minimum Gasteiger partial charge on any atom is -0.356 e. The van der Waals surface area contributed by atoms with E-state index < -0.39 is 0 Å². The molecule has 18 heavy (non-hydrogen) atoms. The number of hydrogen-bond acceptors (Lipinski definition) is 3. The lowest BCUT2D eigenvalue weighted by atomic mass is 10.1. The molecule has 1 aromatic carbocycles. The number of carbonyl (C=O) groups excluding carboxylic acids is 1. The third kappa shape index (κ3) is 4.30.